The van der Waals surface area contributed by atoms with E-state index < -0.39 is 0 Å². The Morgan fingerprint density at radius 3 is 2.52 bits per heavy atom. The summed E-state index contributed by atoms with van der Waals surface area (Å²) in [7, 11) is 3.21. The second kappa shape index (κ2) is 8.64. The van der Waals surface area contributed by atoms with Gasteiger partial charge < -0.3 is 14.8 Å². The monoisotopic (exact) mass is 383 g/mol. The summed E-state index contributed by atoms with van der Waals surface area (Å²) in [6.07, 6.45) is 0.679. The molecule has 7 heteroatoms. The van der Waals surface area contributed by atoms with Crippen LogP contribution in [0.5, 0.6) is 11.5 Å². The van der Waals surface area contributed by atoms with Crippen LogP contribution in [0.1, 0.15) is 20.8 Å². The standard InChI is InChI=1S/C20H21N3O3S/c1-13-4-7-15(8-5-13)18-19(27-23-22-18)20(24)21-11-10-14-6-9-16(25-2)17(12-14)26-3/h4-9,12H,10-11H2,1-3H3,(H,21,24). The van der Waals surface area contributed by atoms with E-state index >= 15 is 0 Å². The summed E-state index contributed by atoms with van der Waals surface area (Å²) in [4.78, 5) is 13.1. The summed E-state index contributed by atoms with van der Waals surface area (Å²) >= 11 is 1.10. The van der Waals surface area contributed by atoms with E-state index in [1.54, 1.807) is 14.2 Å². The Balaban J connectivity index is 1.64. The van der Waals surface area contributed by atoms with Crippen molar-refractivity contribution in [3.8, 4) is 22.8 Å². The SMILES string of the molecule is COc1ccc(CCNC(=O)c2snnc2-c2ccc(C)cc2)cc1OC. The van der Waals surface area contributed by atoms with Crippen molar-refractivity contribution >= 4 is 17.4 Å². The molecule has 0 fully saturated rings. The first-order chi connectivity index (χ1) is 13.1. The van der Waals surface area contributed by atoms with Crippen LogP contribution in [0.4, 0.5) is 0 Å². The van der Waals surface area contributed by atoms with Crippen LogP contribution in [-0.2, 0) is 6.42 Å². The molecule has 3 aromatic rings. The van der Waals surface area contributed by atoms with Gasteiger partial charge in [-0.25, -0.2) is 0 Å². The molecular formula is C20H21N3O3S. The highest BCUT2D eigenvalue weighted by atomic mass is 32.1. The lowest BCUT2D eigenvalue weighted by Crippen LogP contribution is -2.25. The van der Waals surface area contributed by atoms with E-state index in [9.17, 15) is 4.79 Å². The number of aryl methyl sites for hydroxylation is 1. The van der Waals surface area contributed by atoms with Gasteiger partial charge in [0.05, 0.1) is 14.2 Å². The van der Waals surface area contributed by atoms with E-state index in [1.165, 1.54) is 0 Å². The molecule has 0 aliphatic rings. The van der Waals surface area contributed by atoms with Crippen molar-refractivity contribution in [3.63, 3.8) is 0 Å². The molecule has 140 valence electrons. The van der Waals surface area contributed by atoms with Gasteiger partial charge in [-0.1, -0.05) is 40.4 Å². The Bertz CT molecular complexity index is 922. The maximum absolute atomic E-state index is 12.6. The molecule has 0 radical (unpaired) electrons. The van der Waals surface area contributed by atoms with Crippen LogP contribution in [0.3, 0.4) is 0 Å². The molecule has 0 saturated heterocycles. The molecule has 0 atom stereocenters. The Hall–Kier alpha value is -2.93. The zero-order valence-corrected chi connectivity index (χ0v) is 16.3. The number of nitrogens with one attached hydrogen (secondary N) is 1. The minimum absolute atomic E-state index is 0.166. The Morgan fingerprint density at radius 2 is 1.81 bits per heavy atom. The Morgan fingerprint density at radius 1 is 1.07 bits per heavy atom. The molecule has 1 N–H and O–H groups in total. The highest BCUT2D eigenvalue weighted by molar-refractivity contribution is 7.08. The largest absolute Gasteiger partial charge is 0.493 e. The molecule has 2 aromatic carbocycles. The first-order valence-corrected chi connectivity index (χ1v) is 9.28. The number of ether oxygens (including phenoxy) is 2. The van der Waals surface area contributed by atoms with E-state index in [4.69, 9.17) is 9.47 Å². The van der Waals surface area contributed by atoms with Crippen LogP contribution in [0, 0.1) is 6.92 Å². The Kier molecular flexibility index (Phi) is 6.03. The van der Waals surface area contributed by atoms with Crippen LogP contribution in [0.25, 0.3) is 11.3 Å². The summed E-state index contributed by atoms with van der Waals surface area (Å²) < 4.78 is 14.5. The van der Waals surface area contributed by atoms with Gasteiger partial charge in [0.2, 0.25) is 0 Å². The maximum atomic E-state index is 12.6. The van der Waals surface area contributed by atoms with Crippen molar-refractivity contribution < 1.29 is 14.3 Å². The van der Waals surface area contributed by atoms with Crippen molar-refractivity contribution in [2.45, 2.75) is 13.3 Å². The zero-order valence-electron chi connectivity index (χ0n) is 15.5. The number of amides is 1. The van der Waals surface area contributed by atoms with E-state index in [0.29, 0.717) is 35.0 Å². The van der Waals surface area contributed by atoms with Gasteiger partial charge in [-0.2, -0.15) is 0 Å². The number of methoxy groups -OCH3 is 2. The molecule has 3 rings (SSSR count). The smallest absolute Gasteiger partial charge is 0.265 e. The predicted octanol–water partition coefficient (Wildman–Crippen LogP) is 3.50. The van der Waals surface area contributed by atoms with Crippen LogP contribution in [0.15, 0.2) is 42.5 Å². The van der Waals surface area contributed by atoms with Gasteiger partial charge in [-0.3, -0.25) is 4.79 Å². The van der Waals surface area contributed by atoms with Crippen molar-refractivity contribution in [1.82, 2.24) is 14.9 Å². The van der Waals surface area contributed by atoms with Crippen LogP contribution in [-0.4, -0.2) is 36.3 Å². The third-order valence-electron chi connectivity index (χ3n) is 4.17. The van der Waals surface area contributed by atoms with Crippen molar-refractivity contribution in [1.29, 1.82) is 0 Å². The summed E-state index contributed by atoms with van der Waals surface area (Å²) in [6.45, 7) is 2.52. The second-order valence-corrected chi connectivity index (χ2v) is 6.77. The average molecular weight is 383 g/mol. The first kappa shape index (κ1) is 18.8. The summed E-state index contributed by atoms with van der Waals surface area (Å²) in [5.41, 5.74) is 3.71. The van der Waals surface area contributed by atoms with Crippen molar-refractivity contribution in [2.24, 2.45) is 0 Å². The van der Waals surface area contributed by atoms with E-state index in [2.05, 4.69) is 14.9 Å². The predicted molar refractivity (Wildman–Crippen MR) is 106 cm³/mol. The van der Waals surface area contributed by atoms with Crippen LogP contribution < -0.4 is 14.8 Å². The number of rotatable bonds is 7. The molecule has 1 amide bonds. The highest BCUT2D eigenvalue weighted by Gasteiger charge is 2.17. The number of carbonyl (C=O) groups excluding carboxylic acids is 1. The number of benzene rings is 2. The van der Waals surface area contributed by atoms with Gasteiger partial charge in [-0.15, -0.1) is 5.10 Å². The minimum atomic E-state index is -0.166. The van der Waals surface area contributed by atoms with Crippen LogP contribution in [0.2, 0.25) is 0 Å². The topological polar surface area (TPSA) is 73.3 Å². The van der Waals surface area contributed by atoms with E-state index in [0.717, 1.165) is 28.2 Å². The molecule has 0 saturated carbocycles. The second-order valence-electron chi connectivity index (χ2n) is 6.01. The number of nitrogens with zero attached hydrogens (tertiary/aromatic N) is 2. The van der Waals surface area contributed by atoms with Gasteiger partial charge in [0.1, 0.15) is 10.6 Å². The van der Waals surface area contributed by atoms with Gasteiger partial charge in [0.25, 0.3) is 5.91 Å². The maximum Gasteiger partial charge on any atom is 0.265 e. The van der Waals surface area contributed by atoms with Gasteiger partial charge in [0, 0.05) is 12.1 Å². The zero-order chi connectivity index (χ0) is 19.2. The van der Waals surface area contributed by atoms with Gasteiger partial charge in [0.15, 0.2) is 11.5 Å². The Labute approximate surface area is 162 Å². The molecule has 27 heavy (non-hydrogen) atoms. The molecule has 6 nitrogen and oxygen atoms in total. The van der Waals surface area contributed by atoms with Crippen molar-refractivity contribution in [2.75, 3.05) is 20.8 Å². The lowest BCUT2D eigenvalue weighted by molar-refractivity contribution is 0.0958. The van der Waals surface area contributed by atoms with Gasteiger partial charge >= 0.3 is 0 Å². The average Bonchev–Trinajstić information content (AvgIpc) is 3.18. The molecular weight excluding hydrogens is 362 g/mol. The summed E-state index contributed by atoms with van der Waals surface area (Å²) in [6, 6.07) is 13.6. The number of hydrogen-bond donors (Lipinski definition) is 1. The molecule has 0 bridgehead atoms. The number of carbonyl (C=O) groups is 1. The fourth-order valence-electron chi connectivity index (χ4n) is 2.68. The lowest BCUT2D eigenvalue weighted by Gasteiger charge is -2.10. The van der Waals surface area contributed by atoms with E-state index in [-0.39, 0.29) is 5.91 Å². The molecule has 1 aromatic heterocycles. The number of hydrogen-bond acceptors (Lipinski definition) is 6. The van der Waals surface area contributed by atoms with Crippen molar-refractivity contribution in [3.05, 3.63) is 58.5 Å². The summed E-state index contributed by atoms with van der Waals surface area (Å²) in [5, 5.41) is 7.06. The molecule has 0 aliphatic heterocycles. The minimum Gasteiger partial charge on any atom is -0.493 e. The normalized spacial score (nSPS) is 10.5. The lowest BCUT2D eigenvalue weighted by atomic mass is 10.1. The van der Waals surface area contributed by atoms with E-state index in [1.807, 2.05) is 49.4 Å². The molecule has 0 spiro atoms. The molecule has 0 unspecified atom stereocenters. The summed E-state index contributed by atoms with van der Waals surface area (Å²) in [5.74, 6) is 1.19. The fourth-order valence-corrected chi connectivity index (χ4v) is 3.28. The highest BCUT2D eigenvalue weighted by Crippen LogP contribution is 2.28. The van der Waals surface area contributed by atoms with Crippen LogP contribution >= 0.6 is 11.5 Å². The third kappa shape index (κ3) is 4.43. The quantitative estimate of drug-likeness (QED) is 0.676. The first-order valence-electron chi connectivity index (χ1n) is 8.51. The fraction of sp³-hybridized carbons (Fsp3) is 0.250. The van der Waals surface area contributed by atoms with Gasteiger partial charge in [-0.05, 0) is 42.6 Å². The molecule has 1 heterocycles. The number of aromatic nitrogens is 2. The molecule has 0 aliphatic carbocycles. The third-order valence-corrected chi connectivity index (χ3v) is 4.89.